The Hall–Kier alpha value is -1.19. The van der Waals surface area contributed by atoms with Gasteiger partial charge in [-0.05, 0) is 69.5 Å². The highest BCUT2D eigenvalue weighted by Crippen LogP contribution is 2.38. The smallest absolute Gasteiger partial charge is 0.219 e. The van der Waals surface area contributed by atoms with E-state index in [4.69, 9.17) is 14.2 Å². The van der Waals surface area contributed by atoms with Crippen LogP contribution in [0.5, 0.6) is 5.75 Å². The maximum atomic E-state index is 12.5. The van der Waals surface area contributed by atoms with E-state index in [2.05, 4.69) is 28.2 Å². The largest absolute Gasteiger partial charge is 0.494 e. The van der Waals surface area contributed by atoms with Crippen molar-refractivity contribution in [2.75, 3.05) is 33.0 Å². The van der Waals surface area contributed by atoms with Crippen LogP contribution < -0.4 is 14.8 Å². The number of hydrogen-bond donors (Lipinski definition) is 2. The SMILES string of the molecule is CCOc1ccccc1C1CCC(OC[C@@H]2NCCC[C@@H]2NS(=O)(=O)C2COC2)CC1. The molecule has 2 N–H and O–H groups in total. The average Bonchev–Trinajstić information content (AvgIpc) is 2.72. The van der Waals surface area contributed by atoms with Crippen molar-refractivity contribution in [2.24, 2.45) is 0 Å². The maximum Gasteiger partial charge on any atom is 0.219 e. The Bertz CT molecular complexity index is 806. The molecule has 1 aromatic carbocycles. The lowest BCUT2D eigenvalue weighted by Crippen LogP contribution is -2.59. The third-order valence-corrected chi connectivity index (χ3v) is 8.57. The van der Waals surface area contributed by atoms with Gasteiger partial charge in [0.25, 0.3) is 0 Å². The van der Waals surface area contributed by atoms with Gasteiger partial charge in [0.1, 0.15) is 11.0 Å². The standard InChI is InChI=1S/C23H36N2O5S/c1-2-29-23-8-4-3-6-20(23)17-9-11-18(12-10-17)30-16-22-21(7-5-13-24-22)25-31(26,27)19-14-28-15-19/h3-4,6,8,17-19,21-22,24-25H,2,5,7,9-16H2,1H3/t17?,18?,21-,22-/m0/s1. The van der Waals surface area contributed by atoms with Crippen LogP contribution in [0.15, 0.2) is 24.3 Å². The van der Waals surface area contributed by atoms with E-state index in [1.54, 1.807) is 0 Å². The van der Waals surface area contributed by atoms with Gasteiger partial charge in [0.05, 0.1) is 32.5 Å². The molecule has 2 aliphatic heterocycles. The highest BCUT2D eigenvalue weighted by Gasteiger charge is 2.37. The molecule has 0 radical (unpaired) electrons. The molecule has 2 saturated heterocycles. The Morgan fingerprint density at radius 3 is 2.61 bits per heavy atom. The van der Waals surface area contributed by atoms with Gasteiger partial charge in [-0.25, -0.2) is 13.1 Å². The van der Waals surface area contributed by atoms with Crippen molar-refractivity contribution in [1.82, 2.24) is 10.0 Å². The molecule has 3 aliphatic rings. The van der Waals surface area contributed by atoms with E-state index in [1.165, 1.54) is 5.56 Å². The van der Waals surface area contributed by atoms with Gasteiger partial charge < -0.3 is 19.5 Å². The van der Waals surface area contributed by atoms with Gasteiger partial charge >= 0.3 is 0 Å². The highest BCUT2D eigenvalue weighted by molar-refractivity contribution is 7.90. The van der Waals surface area contributed by atoms with Gasteiger partial charge in [-0.2, -0.15) is 0 Å². The number of ether oxygens (including phenoxy) is 3. The van der Waals surface area contributed by atoms with E-state index in [-0.39, 0.29) is 18.2 Å². The van der Waals surface area contributed by atoms with Crippen molar-refractivity contribution in [3.63, 3.8) is 0 Å². The zero-order chi connectivity index (χ0) is 21.7. The van der Waals surface area contributed by atoms with E-state index in [0.29, 0.717) is 32.3 Å². The van der Waals surface area contributed by atoms with Crippen LogP contribution in [0.3, 0.4) is 0 Å². The number of nitrogens with one attached hydrogen (secondary N) is 2. The summed E-state index contributed by atoms with van der Waals surface area (Å²) in [4.78, 5) is 0. The topological polar surface area (TPSA) is 85.9 Å². The molecule has 174 valence electrons. The monoisotopic (exact) mass is 452 g/mol. The van der Waals surface area contributed by atoms with Gasteiger partial charge in [0.2, 0.25) is 10.0 Å². The minimum absolute atomic E-state index is 0.0147. The molecule has 0 aromatic heterocycles. The molecule has 1 aromatic rings. The van der Waals surface area contributed by atoms with Crippen molar-refractivity contribution in [2.45, 2.75) is 74.8 Å². The molecule has 8 heteroatoms. The number of hydrogen-bond acceptors (Lipinski definition) is 6. The lowest BCUT2D eigenvalue weighted by Gasteiger charge is -2.37. The Kier molecular flexibility index (Phi) is 7.87. The highest BCUT2D eigenvalue weighted by atomic mass is 32.2. The molecule has 2 heterocycles. The fourth-order valence-corrected chi connectivity index (χ4v) is 6.30. The molecular formula is C23H36N2O5S. The van der Waals surface area contributed by atoms with Gasteiger partial charge in [0.15, 0.2) is 0 Å². The second kappa shape index (κ2) is 10.6. The summed E-state index contributed by atoms with van der Waals surface area (Å²) in [6.07, 6.45) is 6.26. The summed E-state index contributed by atoms with van der Waals surface area (Å²) >= 11 is 0. The van der Waals surface area contributed by atoms with Crippen molar-refractivity contribution < 1.29 is 22.6 Å². The molecule has 0 amide bonds. The molecule has 3 fully saturated rings. The quantitative estimate of drug-likeness (QED) is 0.599. The molecule has 31 heavy (non-hydrogen) atoms. The van der Waals surface area contributed by atoms with E-state index < -0.39 is 15.3 Å². The van der Waals surface area contributed by atoms with Crippen LogP contribution in [0, 0.1) is 0 Å². The Morgan fingerprint density at radius 2 is 1.90 bits per heavy atom. The summed E-state index contributed by atoms with van der Waals surface area (Å²) in [7, 11) is -3.33. The first-order valence-corrected chi connectivity index (χ1v) is 13.3. The number of piperidine rings is 1. The Balaban J connectivity index is 1.26. The summed E-state index contributed by atoms with van der Waals surface area (Å²) in [6, 6.07) is 8.27. The molecule has 4 rings (SSSR count). The number of sulfonamides is 1. The summed E-state index contributed by atoms with van der Waals surface area (Å²) in [5.74, 6) is 1.52. The van der Waals surface area contributed by atoms with E-state index in [0.717, 1.165) is 50.8 Å². The Morgan fingerprint density at radius 1 is 1.13 bits per heavy atom. The predicted octanol–water partition coefficient (Wildman–Crippen LogP) is 2.57. The molecule has 2 atom stereocenters. The van der Waals surface area contributed by atoms with Gasteiger partial charge in [0, 0.05) is 12.1 Å². The molecular weight excluding hydrogens is 416 g/mol. The minimum Gasteiger partial charge on any atom is -0.494 e. The van der Waals surface area contributed by atoms with E-state index in [1.807, 2.05) is 13.0 Å². The lowest BCUT2D eigenvalue weighted by atomic mass is 9.82. The van der Waals surface area contributed by atoms with Gasteiger partial charge in [-0.3, -0.25) is 0 Å². The Labute approximate surface area is 186 Å². The average molecular weight is 453 g/mol. The van der Waals surface area contributed by atoms with Crippen LogP contribution in [0.2, 0.25) is 0 Å². The van der Waals surface area contributed by atoms with E-state index in [9.17, 15) is 8.42 Å². The summed E-state index contributed by atoms with van der Waals surface area (Å²) in [6.45, 7) is 4.74. The lowest BCUT2D eigenvalue weighted by molar-refractivity contribution is 0.00481. The van der Waals surface area contributed by atoms with Crippen LogP contribution in [-0.4, -0.2) is 64.8 Å². The molecule has 0 unspecified atom stereocenters. The van der Waals surface area contributed by atoms with Crippen LogP contribution >= 0.6 is 0 Å². The van der Waals surface area contributed by atoms with E-state index >= 15 is 0 Å². The third-order valence-electron chi connectivity index (χ3n) is 6.79. The summed E-state index contributed by atoms with van der Waals surface area (Å²) < 4.78 is 45.1. The second-order valence-electron chi connectivity index (χ2n) is 8.91. The van der Waals surface area contributed by atoms with Gasteiger partial charge in [-0.15, -0.1) is 0 Å². The van der Waals surface area contributed by atoms with Crippen LogP contribution in [0.1, 0.15) is 56.9 Å². The third kappa shape index (κ3) is 5.79. The van der Waals surface area contributed by atoms with Crippen molar-refractivity contribution >= 4 is 10.0 Å². The second-order valence-corrected chi connectivity index (χ2v) is 10.9. The number of para-hydroxylation sites is 1. The number of rotatable bonds is 9. The van der Waals surface area contributed by atoms with Crippen molar-refractivity contribution in [1.29, 1.82) is 0 Å². The zero-order valence-electron chi connectivity index (χ0n) is 18.4. The predicted molar refractivity (Wildman–Crippen MR) is 120 cm³/mol. The normalized spacial score (nSPS) is 30.0. The van der Waals surface area contributed by atoms with Crippen molar-refractivity contribution in [3.8, 4) is 5.75 Å². The minimum atomic E-state index is -3.33. The summed E-state index contributed by atoms with van der Waals surface area (Å²) in [5.41, 5.74) is 1.31. The van der Waals surface area contributed by atoms with Crippen LogP contribution in [0.4, 0.5) is 0 Å². The maximum absolute atomic E-state index is 12.5. The summed E-state index contributed by atoms with van der Waals surface area (Å²) in [5, 5.41) is 3.05. The molecule has 1 saturated carbocycles. The molecule has 7 nitrogen and oxygen atoms in total. The fourth-order valence-electron chi connectivity index (χ4n) is 4.85. The van der Waals surface area contributed by atoms with Crippen LogP contribution in [0.25, 0.3) is 0 Å². The molecule has 1 aliphatic carbocycles. The first-order valence-electron chi connectivity index (χ1n) is 11.7. The molecule has 0 spiro atoms. The van der Waals surface area contributed by atoms with Crippen LogP contribution in [-0.2, 0) is 19.5 Å². The van der Waals surface area contributed by atoms with Crippen molar-refractivity contribution in [3.05, 3.63) is 29.8 Å². The first kappa shape index (κ1) is 23.0. The first-order chi connectivity index (χ1) is 15.1. The van der Waals surface area contributed by atoms with Gasteiger partial charge in [-0.1, -0.05) is 18.2 Å². The number of benzene rings is 1. The fraction of sp³-hybridized carbons (Fsp3) is 0.739. The molecule has 0 bridgehead atoms. The zero-order valence-corrected chi connectivity index (χ0v) is 19.2.